The van der Waals surface area contributed by atoms with Crippen LogP contribution < -0.4 is 10.5 Å². The van der Waals surface area contributed by atoms with Gasteiger partial charge in [-0.25, -0.2) is 0 Å². The second-order valence-electron chi connectivity index (χ2n) is 10.8. The molecule has 220 valence electrons. The predicted molar refractivity (Wildman–Crippen MR) is 150 cm³/mol. The fourth-order valence-corrected chi connectivity index (χ4v) is 6.63. The molecule has 3 aliphatic carbocycles. The molecule has 0 heterocycles. The fourth-order valence-electron chi connectivity index (χ4n) is 6.63. The number of aliphatic hydroxyl groups is 3. The number of nitrogens with zero attached hydrogens (tertiary/aromatic N) is 2. The van der Waals surface area contributed by atoms with Gasteiger partial charge < -0.3 is 35.7 Å². The Kier molecular flexibility index (Phi) is 7.07. The first-order valence-corrected chi connectivity index (χ1v) is 13.1. The molecule has 12 nitrogen and oxygen atoms in total. The maximum atomic E-state index is 14.0. The molecule has 0 fully saturated rings. The predicted octanol–water partition coefficient (Wildman–Crippen LogP) is 1.78. The van der Waals surface area contributed by atoms with Crippen LogP contribution in [0.2, 0.25) is 0 Å². The zero-order valence-corrected chi connectivity index (χ0v) is 23.4. The molecule has 4 atom stereocenters. The van der Waals surface area contributed by atoms with Crippen molar-refractivity contribution >= 4 is 23.7 Å². The van der Waals surface area contributed by atoms with Crippen LogP contribution in [-0.4, -0.2) is 89.0 Å². The number of ether oxygens (including phenoxy) is 1. The molecule has 0 bridgehead atoms. The molecule has 0 radical (unpaired) electrons. The number of hydrogen-bond donors (Lipinski definition) is 5. The first-order valence-electron chi connectivity index (χ1n) is 13.1. The first-order chi connectivity index (χ1) is 19.9. The Labute approximate surface area is 240 Å². The third-order valence-electron chi connectivity index (χ3n) is 8.43. The van der Waals surface area contributed by atoms with Gasteiger partial charge in [-0.05, 0) is 73.8 Å². The van der Waals surface area contributed by atoms with Gasteiger partial charge in [-0.15, -0.1) is 0 Å². The summed E-state index contributed by atoms with van der Waals surface area (Å²) in [6, 6.07) is 7.22. The summed E-state index contributed by atoms with van der Waals surface area (Å²) in [5.41, 5.74) is 3.87. The van der Waals surface area contributed by atoms with E-state index in [9.17, 15) is 34.8 Å². The van der Waals surface area contributed by atoms with Crippen molar-refractivity contribution in [3.8, 4) is 22.6 Å². The average Bonchev–Trinajstić information content (AvgIpc) is 2.93. The van der Waals surface area contributed by atoms with Crippen LogP contribution in [0.25, 0.3) is 11.1 Å². The summed E-state index contributed by atoms with van der Waals surface area (Å²) in [5.74, 6) is -6.54. The van der Waals surface area contributed by atoms with Crippen LogP contribution in [-0.2, 0) is 20.8 Å². The van der Waals surface area contributed by atoms with Crippen LogP contribution >= 0.6 is 0 Å². The van der Waals surface area contributed by atoms with E-state index >= 15 is 0 Å². The van der Waals surface area contributed by atoms with Gasteiger partial charge in [-0.3, -0.25) is 19.3 Å². The van der Waals surface area contributed by atoms with E-state index in [1.165, 1.54) is 31.4 Å². The van der Waals surface area contributed by atoms with Crippen LogP contribution in [0.5, 0.6) is 11.5 Å². The molecule has 1 amide bonds. The number of methoxy groups -OCH3 is 1. The minimum absolute atomic E-state index is 0.0153. The second kappa shape index (κ2) is 10.3. The Balaban J connectivity index is 1.72. The molecule has 0 saturated carbocycles. The molecule has 0 spiro atoms. The van der Waals surface area contributed by atoms with Crippen LogP contribution in [0.15, 0.2) is 58.2 Å². The van der Waals surface area contributed by atoms with Crippen molar-refractivity contribution in [2.24, 2.45) is 22.7 Å². The summed E-state index contributed by atoms with van der Waals surface area (Å²) in [5, 5.41) is 48.8. The third-order valence-corrected chi connectivity index (χ3v) is 8.43. The number of oxime groups is 1. The number of aromatic hydroxyl groups is 1. The van der Waals surface area contributed by atoms with E-state index in [-0.39, 0.29) is 29.7 Å². The lowest BCUT2D eigenvalue weighted by Crippen LogP contribution is -2.63. The largest absolute Gasteiger partial charge is 0.510 e. The van der Waals surface area contributed by atoms with E-state index < -0.39 is 58.0 Å². The lowest BCUT2D eigenvalue weighted by atomic mass is 9.58. The number of primary amides is 1. The Morgan fingerprint density at radius 2 is 1.83 bits per heavy atom. The topological polar surface area (TPSA) is 192 Å². The number of likely N-dealkylation sites (N-methyl/N-ethyl adjacent to an activating group) is 1. The van der Waals surface area contributed by atoms with E-state index in [0.717, 1.165) is 0 Å². The zero-order chi connectivity index (χ0) is 30.7. The summed E-state index contributed by atoms with van der Waals surface area (Å²) < 4.78 is 5.59. The number of rotatable bonds is 6. The number of nitrogens with two attached hydrogens (primary N) is 1. The third kappa shape index (κ3) is 4.05. The molecule has 0 aromatic heterocycles. The Bertz CT molecular complexity index is 1620. The summed E-state index contributed by atoms with van der Waals surface area (Å²) in [6.07, 6.45) is 1.62. The number of benzene rings is 2. The Morgan fingerprint density at radius 1 is 1.12 bits per heavy atom. The maximum absolute atomic E-state index is 14.0. The number of fused-ring (bicyclic) bond motifs is 3. The van der Waals surface area contributed by atoms with Gasteiger partial charge in [-0.2, -0.15) is 0 Å². The molecule has 0 unspecified atom stereocenters. The molecule has 2 aromatic rings. The normalized spacial score (nSPS) is 25.4. The van der Waals surface area contributed by atoms with Crippen molar-refractivity contribution in [2.75, 3.05) is 28.3 Å². The van der Waals surface area contributed by atoms with Crippen molar-refractivity contribution in [3.63, 3.8) is 0 Å². The molecule has 3 aliphatic rings. The van der Waals surface area contributed by atoms with Gasteiger partial charge in [0.2, 0.25) is 5.78 Å². The molecule has 6 N–H and O–H groups in total. The highest BCUT2D eigenvalue weighted by molar-refractivity contribution is 6.25. The number of allylic oxidation sites excluding steroid dienone is 1. The van der Waals surface area contributed by atoms with Crippen LogP contribution in [0.4, 0.5) is 0 Å². The van der Waals surface area contributed by atoms with Gasteiger partial charge in [0.05, 0.1) is 24.9 Å². The van der Waals surface area contributed by atoms with Gasteiger partial charge >= 0.3 is 0 Å². The summed E-state index contributed by atoms with van der Waals surface area (Å²) in [7, 11) is 6.08. The molecule has 0 saturated heterocycles. The first kappa shape index (κ1) is 28.8. The number of hydrogen-bond acceptors (Lipinski definition) is 11. The van der Waals surface area contributed by atoms with Gasteiger partial charge in [0.15, 0.2) is 11.4 Å². The molecule has 5 rings (SSSR count). The SMILES string of the molecule is CO/N=C/c1ccc(OC)c(-c2ccc(O)c3c2C[C@H]2C[C@H]4[C@@H](N(C)C)C(O)=C(C(N)=O)C(=O)[C@@]4(O)C(O)=C2C3=O)c1. The van der Waals surface area contributed by atoms with Crippen LogP contribution in [0.1, 0.15) is 27.9 Å². The van der Waals surface area contributed by atoms with Crippen molar-refractivity contribution < 1.29 is 44.4 Å². The molecular weight excluding hydrogens is 546 g/mol. The number of amides is 1. The molecular formula is C30H31N3O9. The van der Waals surface area contributed by atoms with Crippen molar-refractivity contribution in [3.05, 3.63) is 69.7 Å². The van der Waals surface area contributed by atoms with Crippen molar-refractivity contribution in [2.45, 2.75) is 24.5 Å². The number of ketones is 2. The maximum Gasteiger partial charge on any atom is 0.255 e. The van der Waals surface area contributed by atoms with Gasteiger partial charge in [0.25, 0.3) is 5.91 Å². The standard InChI is InChI=1S/C30H31N3O9/c1-33(2)24-18-11-14-10-17-15(16-9-13(12-32-42-4)5-8-20(16)41-3)6-7-19(34)22(17)25(35)21(14)27(37)30(18,40)28(38)23(26(24)36)29(31)39/h5-9,12,14,18,24,34,36-37,40H,10-11H2,1-4H3,(H2,31,39)/b32-12+/t14-,18-,24+,30-/m0/s1. The summed E-state index contributed by atoms with van der Waals surface area (Å²) in [4.78, 5) is 45.9. The number of phenols is 1. The zero-order valence-electron chi connectivity index (χ0n) is 23.4. The highest BCUT2D eigenvalue weighted by atomic mass is 16.6. The monoisotopic (exact) mass is 577 g/mol. The minimum atomic E-state index is -2.70. The molecule has 2 aromatic carbocycles. The number of carbonyl (C=O) groups is 3. The summed E-state index contributed by atoms with van der Waals surface area (Å²) >= 11 is 0. The molecule has 42 heavy (non-hydrogen) atoms. The van der Waals surface area contributed by atoms with E-state index in [0.29, 0.717) is 28.0 Å². The van der Waals surface area contributed by atoms with Crippen LogP contribution in [0, 0.1) is 11.8 Å². The number of carbonyl (C=O) groups excluding carboxylic acids is 3. The quantitative estimate of drug-likeness (QED) is 0.192. The van der Waals surface area contributed by atoms with E-state index in [4.69, 9.17) is 15.3 Å². The van der Waals surface area contributed by atoms with Crippen LogP contribution in [0.3, 0.4) is 0 Å². The number of Topliss-reactive ketones (excluding diaryl/α,β-unsaturated/α-hetero) is 2. The Hall–Kier alpha value is -4.68. The lowest BCUT2D eigenvalue weighted by Gasteiger charge is -2.50. The van der Waals surface area contributed by atoms with E-state index in [1.54, 1.807) is 38.4 Å². The van der Waals surface area contributed by atoms with Crippen molar-refractivity contribution in [1.82, 2.24) is 4.90 Å². The summed E-state index contributed by atoms with van der Waals surface area (Å²) in [6.45, 7) is 0. The van der Waals surface area contributed by atoms with Gasteiger partial charge in [-0.1, -0.05) is 11.2 Å². The highest BCUT2D eigenvalue weighted by Gasteiger charge is 2.63. The molecule has 0 aliphatic heterocycles. The van der Waals surface area contributed by atoms with Gasteiger partial charge in [0.1, 0.15) is 35.7 Å². The van der Waals surface area contributed by atoms with E-state index in [1.807, 2.05) is 0 Å². The Morgan fingerprint density at radius 3 is 2.45 bits per heavy atom. The average molecular weight is 578 g/mol. The smallest absolute Gasteiger partial charge is 0.255 e. The molecule has 12 heteroatoms. The van der Waals surface area contributed by atoms with E-state index in [2.05, 4.69) is 5.16 Å². The fraction of sp³-hybridized carbons (Fsp3) is 0.333. The lowest BCUT2D eigenvalue weighted by molar-refractivity contribution is -0.148. The number of aliphatic hydroxyl groups excluding tert-OH is 2. The highest BCUT2D eigenvalue weighted by Crippen LogP contribution is 2.53. The second-order valence-corrected chi connectivity index (χ2v) is 10.8. The minimum Gasteiger partial charge on any atom is -0.510 e. The van der Waals surface area contributed by atoms with Crippen molar-refractivity contribution in [1.29, 1.82) is 0 Å². The number of phenolic OH excluding ortho intramolecular Hbond substituents is 1. The van der Waals surface area contributed by atoms with Gasteiger partial charge in [0, 0.05) is 17.1 Å².